The molecule has 0 bridgehead atoms. The van der Waals surface area contributed by atoms with Crippen LogP contribution in [0.4, 0.5) is 0 Å². The number of hydrogen-bond acceptors (Lipinski definition) is 3. The quantitative estimate of drug-likeness (QED) is 0.478. The topological polar surface area (TPSA) is 70.0 Å². The van der Waals surface area contributed by atoms with Gasteiger partial charge in [0.1, 0.15) is 6.54 Å². The summed E-state index contributed by atoms with van der Waals surface area (Å²) >= 11 is 0. The van der Waals surface area contributed by atoms with Gasteiger partial charge in [-0.3, -0.25) is 4.79 Å². The Morgan fingerprint density at radius 3 is 2.55 bits per heavy atom. The van der Waals surface area contributed by atoms with Gasteiger partial charge in [0.05, 0.1) is 5.29 Å². The Labute approximate surface area is 64.9 Å². The molecule has 0 aliphatic rings. The molecule has 0 fully saturated rings. The van der Waals surface area contributed by atoms with Crippen LogP contribution in [0, 0.1) is 4.91 Å². The predicted octanol–water partition coefficient (Wildman–Crippen LogP) is 0.853. The molecule has 0 heterocycles. The van der Waals surface area contributed by atoms with Gasteiger partial charge in [0.25, 0.3) is 0 Å². The molecule has 0 amide bonds. The van der Waals surface area contributed by atoms with Crippen molar-refractivity contribution < 1.29 is 9.90 Å². The van der Waals surface area contributed by atoms with Crippen LogP contribution in [0.1, 0.15) is 20.3 Å². The molecule has 11 heavy (non-hydrogen) atoms. The zero-order chi connectivity index (χ0) is 8.85. The third kappa shape index (κ3) is 3.54. The molecule has 0 radical (unpaired) electrons. The summed E-state index contributed by atoms with van der Waals surface area (Å²) < 4.78 is 0. The van der Waals surface area contributed by atoms with Crippen LogP contribution in [0.5, 0.6) is 0 Å². The van der Waals surface area contributed by atoms with Crippen LogP contribution in [0.15, 0.2) is 5.29 Å². The highest BCUT2D eigenvalue weighted by atomic mass is 16.4. The van der Waals surface area contributed by atoms with Crippen LogP contribution in [0.2, 0.25) is 0 Å². The summed E-state index contributed by atoms with van der Waals surface area (Å²) in [6.45, 7) is 3.30. The minimum atomic E-state index is -1.04. The van der Waals surface area contributed by atoms with Gasteiger partial charge < -0.3 is 5.11 Å². The molecule has 0 unspecified atom stereocenters. The van der Waals surface area contributed by atoms with Crippen molar-refractivity contribution in [3.63, 3.8) is 0 Å². The summed E-state index contributed by atoms with van der Waals surface area (Å²) in [7, 11) is 0. The summed E-state index contributed by atoms with van der Waals surface area (Å²) in [4.78, 5) is 20.2. The predicted molar refractivity (Wildman–Crippen MR) is 39.9 cm³/mol. The maximum absolute atomic E-state index is 10.1. The van der Waals surface area contributed by atoms with E-state index in [1.54, 1.807) is 6.92 Å². The van der Waals surface area contributed by atoms with E-state index in [4.69, 9.17) is 5.11 Å². The van der Waals surface area contributed by atoms with Gasteiger partial charge in [0.15, 0.2) is 0 Å². The summed E-state index contributed by atoms with van der Waals surface area (Å²) in [5, 5.41) is 11.9. The van der Waals surface area contributed by atoms with Crippen LogP contribution >= 0.6 is 0 Å². The van der Waals surface area contributed by atoms with E-state index in [9.17, 15) is 9.70 Å². The molecule has 0 aliphatic carbocycles. The molecule has 0 spiro atoms. The van der Waals surface area contributed by atoms with Gasteiger partial charge in [0.2, 0.25) is 0 Å². The fraction of sp³-hybridized carbons (Fsp3) is 0.833. The van der Waals surface area contributed by atoms with E-state index < -0.39 is 5.97 Å². The first kappa shape index (κ1) is 9.87. The first-order valence-electron chi connectivity index (χ1n) is 3.43. The number of carboxylic acids is 1. The van der Waals surface area contributed by atoms with E-state index in [0.717, 1.165) is 5.01 Å². The average Bonchev–Trinajstić information content (AvgIpc) is 1.98. The van der Waals surface area contributed by atoms with Crippen molar-refractivity contribution in [2.75, 3.05) is 6.54 Å². The Hall–Kier alpha value is -1.13. The van der Waals surface area contributed by atoms with Crippen molar-refractivity contribution in [3.05, 3.63) is 4.91 Å². The minimum absolute atomic E-state index is 0.108. The van der Waals surface area contributed by atoms with Crippen LogP contribution in [-0.2, 0) is 4.79 Å². The van der Waals surface area contributed by atoms with E-state index in [1.807, 2.05) is 6.92 Å². The lowest BCUT2D eigenvalue weighted by molar-refractivity contribution is -0.138. The molecule has 5 heteroatoms. The number of nitrogens with zero attached hydrogens (tertiary/aromatic N) is 2. The molecular weight excluding hydrogens is 148 g/mol. The summed E-state index contributed by atoms with van der Waals surface area (Å²) in [6.07, 6.45) is 0.707. The van der Waals surface area contributed by atoms with Crippen molar-refractivity contribution in [3.8, 4) is 0 Å². The fourth-order valence-electron chi connectivity index (χ4n) is 0.615. The molecule has 0 saturated heterocycles. The number of nitroso groups, excluding NO2 is 1. The van der Waals surface area contributed by atoms with Gasteiger partial charge in [-0.1, -0.05) is 6.92 Å². The third-order valence-corrected chi connectivity index (χ3v) is 1.50. The van der Waals surface area contributed by atoms with Crippen LogP contribution in [0.3, 0.4) is 0 Å². The highest BCUT2D eigenvalue weighted by Gasteiger charge is 2.13. The monoisotopic (exact) mass is 160 g/mol. The van der Waals surface area contributed by atoms with Gasteiger partial charge >= 0.3 is 5.97 Å². The summed E-state index contributed by atoms with van der Waals surface area (Å²) in [6, 6.07) is -0.108. The largest absolute Gasteiger partial charge is 0.480 e. The summed E-state index contributed by atoms with van der Waals surface area (Å²) in [5.41, 5.74) is 0. The van der Waals surface area contributed by atoms with Gasteiger partial charge in [-0.15, -0.1) is 4.91 Å². The Balaban J connectivity index is 3.94. The molecule has 0 aromatic carbocycles. The number of aliphatic carboxylic acids is 1. The fourth-order valence-corrected chi connectivity index (χ4v) is 0.615. The first-order chi connectivity index (χ1) is 5.11. The average molecular weight is 160 g/mol. The molecule has 0 saturated carbocycles. The standard InChI is InChI=1S/C6H12N2O3/c1-3-5(2)8(7-11)4-6(9)10/h5H,3-4H2,1-2H3,(H,9,10)/t5-/m1/s1. The van der Waals surface area contributed by atoms with Gasteiger partial charge in [-0.25, -0.2) is 5.01 Å². The Morgan fingerprint density at radius 1 is 1.73 bits per heavy atom. The lowest BCUT2D eigenvalue weighted by atomic mass is 10.2. The van der Waals surface area contributed by atoms with E-state index in [1.165, 1.54) is 0 Å². The first-order valence-corrected chi connectivity index (χ1v) is 3.43. The van der Waals surface area contributed by atoms with Crippen molar-refractivity contribution in [1.82, 2.24) is 5.01 Å². The van der Waals surface area contributed by atoms with Gasteiger partial charge in [0, 0.05) is 6.04 Å². The van der Waals surface area contributed by atoms with E-state index in [0.29, 0.717) is 6.42 Å². The molecule has 1 atom stereocenters. The maximum atomic E-state index is 10.1. The number of carbonyl (C=O) groups is 1. The van der Waals surface area contributed by atoms with Crippen molar-refractivity contribution in [2.24, 2.45) is 5.29 Å². The Kier molecular flexibility index (Phi) is 4.17. The highest BCUT2D eigenvalue weighted by Crippen LogP contribution is 2.02. The smallest absolute Gasteiger partial charge is 0.325 e. The third-order valence-electron chi connectivity index (χ3n) is 1.50. The number of rotatable bonds is 5. The lowest BCUT2D eigenvalue weighted by Crippen LogP contribution is -2.32. The van der Waals surface area contributed by atoms with Crippen LogP contribution in [0.25, 0.3) is 0 Å². The Morgan fingerprint density at radius 2 is 2.27 bits per heavy atom. The van der Waals surface area contributed by atoms with Crippen molar-refractivity contribution in [2.45, 2.75) is 26.3 Å². The number of carboxylic acid groups (broad SMARTS) is 1. The normalized spacial score (nSPS) is 12.2. The molecule has 64 valence electrons. The van der Waals surface area contributed by atoms with Gasteiger partial charge in [-0.05, 0) is 13.3 Å². The highest BCUT2D eigenvalue weighted by molar-refractivity contribution is 5.69. The van der Waals surface area contributed by atoms with E-state index in [-0.39, 0.29) is 12.6 Å². The van der Waals surface area contributed by atoms with Crippen molar-refractivity contribution in [1.29, 1.82) is 0 Å². The van der Waals surface area contributed by atoms with Crippen molar-refractivity contribution >= 4 is 5.97 Å². The van der Waals surface area contributed by atoms with Gasteiger partial charge in [-0.2, -0.15) is 0 Å². The molecule has 0 aliphatic heterocycles. The zero-order valence-electron chi connectivity index (χ0n) is 6.65. The van der Waals surface area contributed by atoms with E-state index in [2.05, 4.69) is 5.29 Å². The number of hydrogen-bond donors (Lipinski definition) is 1. The van der Waals surface area contributed by atoms with Crippen LogP contribution < -0.4 is 0 Å². The Bertz CT molecular complexity index is 149. The zero-order valence-corrected chi connectivity index (χ0v) is 6.65. The second kappa shape index (κ2) is 4.65. The molecule has 1 N–H and O–H groups in total. The molecular formula is C6H12N2O3. The lowest BCUT2D eigenvalue weighted by Gasteiger charge is -2.18. The SMILES string of the molecule is CC[C@@H](C)N(CC(=O)O)N=O. The molecule has 0 aromatic rings. The minimum Gasteiger partial charge on any atom is -0.480 e. The maximum Gasteiger partial charge on any atom is 0.325 e. The van der Waals surface area contributed by atoms with E-state index >= 15 is 0 Å². The van der Waals surface area contributed by atoms with Crippen LogP contribution in [-0.4, -0.2) is 28.7 Å². The molecule has 0 rings (SSSR count). The summed E-state index contributed by atoms with van der Waals surface area (Å²) in [5.74, 6) is -1.04. The molecule has 0 aromatic heterocycles. The second-order valence-electron chi connectivity index (χ2n) is 2.33. The second-order valence-corrected chi connectivity index (χ2v) is 2.33. The molecule has 5 nitrogen and oxygen atoms in total.